The number of hydrogen-bond acceptors (Lipinski definition) is 7. The number of aryl methyl sites for hydroxylation is 1. The molecule has 1 atom stereocenters. The molecule has 0 saturated carbocycles. The van der Waals surface area contributed by atoms with Crippen LogP contribution in [0.5, 0.6) is 0 Å². The molecule has 0 aliphatic carbocycles. The second-order valence-electron chi connectivity index (χ2n) is 15.6. The topological polar surface area (TPSA) is 99.3 Å². The quantitative estimate of drug-likeness (QED) is 0.165. The Morgan fingerprint density at radius 3 is 2.11 bits per heavy atom. The highest BCUT2D eigenvalue weighted by molar-refractivity contribution is 6.74. The number of carbonyl (C=O) groups is 2. The van der Waals surface area contributed by atoms with E-state index in [4.69, 9.17) is 18.7 Å². The van der Waals surface area contributed by atoms with Crippen LogP contribution in [0.2, 0.25) is 18.1 Å². The largest absolute Gasteiger partial charge is 0.443 e. The Balaban J connectivity index is 2.13. The number of fused-ring (bicyclic) bond motifs is 1. The Labute approximate surface area is 281 Å². The molecule has 1 aromatic heterocycles. The van der Waals surface area contributed by atoms with Gasteiger partial charge in [-0.3, -0.25) is 9.47 Å². The Morgan fingerprint density at radius 1 is 0.957 bits per heavy atom. The molecule has 10 nitrogen and oxygen atoms in total. The van der Waals surface area contributed by atoms with E-state index < -0.39 is 31.7 Å². The summed E-state index contributed by atoms with van der Waals surface area (Å²) >= 11 is 0. The van der Waals surface area contributed by atoms with E-state index in [2.05, 4.69) is 33.9 Å². The van der Waals surface area contributed by atoms with Crippen molar-refractivity contribution in [2.75, 3.05) is 18.6 Å². The molecule has 0 saturated heterocycles. The van der Waals surface area contributed by atoms with Gasteiger partial charge in [0.25, 0.3) is 4.92 Å². The van der Waals surface area contributed by atoms with Crippen LogP contribution in [-0.4, -0.2) is 54.9 Å². The van der Waals surface area contributed by atoms with Crippen molar-refractivity contribution in [3.05, 3.63) is 64.2 Å². The van der Waals surface area contributed by atoms with E-state index in [-0.39, 0.29) is 17.7 Å². The molecule has 3 aromatic rings. The number of ether oxygens (including phenoxy) is 2. The van der Waals surface area contributed by atoms with Crippen LogP contribution in [0.25, 0.3) is 10.9 Å². The molecule has 0 spiro atoms. The van der Waals surface area contributed by atoms with Crippen LogP contribution in [0.4, 0.5) is 21.0 Å². The zero-order valence-corrected chi connectivity index (χ0v) is 31.7. The van der Waals surface area contributed by atoms with E-state index in [1.54, 1.807) is 33.9 Å². The molecule has 258 valence electrons. The van der Waals surface area contributed by atoms with E-state index in [0.29, 0.717) is 28.3 Å². The molecule has 2 aromatic carbocycles. The summed E-state index contributed by atoms with van der Waals surface area (Å²) in [4.78, 5) is 46.2. The molecule has 0 radical (unpaired) electrons. The first-order valence-electron chi connectivity index (χ1n) is 16.1. The van der Waals surface area contributed by atoms with Crippen molar-refractivity contribution >= 4 is 42.8 Å². The lowest BCUT2D eigenvalue weighted by atomic mass is 10.0. The van der Waals surface area contributed by atoms with Crippen molar-refractivity contribution in [1.29, 1.82) is 0 Å². The lowest BCUT2D eigenvalue weighted by molar-refractivity contribution is -0.736. The molecule has 0 aliphatic heterocycles. The fourth-order valence-electron chi connectivity index (χ4n) is 5.06. The maximum Gasteiger partial charge on any atom is 0.419 e. The number of rotatable bonds is 9. The average Bonchev–Trinajstić information content (AvgIpc) is 3.29. The number of amides is 1. The summed E-state index contributed by atoms with van der Waals surface area (Å²) in [5, 5.41) is 0.877. The molecule has 1 amide bonds. The molecule has 0 bridgehead atoms. The number of anilines is 1. The van der Waals surface area contributed by atoms with Crippen LogP contribution in [0.15, 0.2) is 42.6 Å². The molecule has 1 unspecified atom stereocenters. The van der Waals surface area contributed by atoms with Gasteiger partial charge < -0.3 is 13.9 Å². The minimum absolute atomic E-state index is 0.00444. The molecule has 0 fully saturated rings. The predicted molar refractivity (Wildman–Crippen MR) is 189 cm³/mol. The summed E-state index contributed by atoms with van der Waals surface area (Å²) < 4.78 is 20.0. The van der Waals surface area contributed by atoms with Gasteiger partial charge in [-0.15, -0.1) is 0 Å². The van der Waals surface area contributed by atoms with Crippen molar-refractivity contribution < 1.29 is 33.2 Å². The predicted octanol–water partition coefficient (Wildman–Crippen LogP) is 9.77. The summed E-state index contributed by atoms with van der Waals surface area (Å²) in [7, 11) is -0.853. The van der Waals surface area contributed by atoms with E-state index in [1.807, 2.05) is 73.6 Å². The Hall–Kier alpha value is -3.70. The fraction of sp³-hybridized carbons (Fsp3) is 0.556. The van der Waals surface area contributed by atoms with E-state index in [9.17, 15) is 14.5 Å². The van der Waals surface area contributed by atoms with Gasteiger partial charge in [-0.1, -0.05) is 39.0 Å². The molecular weight excluding hydrogens is 614 g/mol. The number of carbonyl (C=O) groups excluding carboxylic acids is 2. The number of para-hydroxylation sites is 1. The number of aromatic nitrogens is 1. The van der Waals surface area contributed by atoms with Crippen LogP contribution in [0, 0.1) is 11.8 Å². The van der Waals surface area contributed by atoms with E-state index in [0.717, 1.165) is 22.0 Å². The molecule has 3 rings (SSSR count). The minimum Gasteiger partial charge on any atom is -0.443 e. The molecule has 0 aliphatic rings. The van der Waals surface area contributed by atoms with E-state index >= 15 is 0 Å². The van der Waals surface area contributed by atoms with Gasteiger partial charge in [0.05, 0.1) is 22.2 Å². The highest BCUT2D eigenvalue weighted by atomic mass is 28.4. The number of nitrogens with zero attached hydrogens (tertiary/aromatic N) is 3. The summed E-state index contributed by atoms with van der Waals surface area (Å²) in [6.45, 7) is 26.1. The summed E-state index contributed by atoms with van der Waals surface area (Å²) in [5.74, 6) is 0. The number of benzene rings is 2. The zero-order chi connectivity index (χ0) is 35.7. The summed E-state index contributed by atoms with van der Waals surface area (Å²) in [6.07, 6.45) is 0.914. The van der Waals surface area contributed by atoms with Crippen LogP contribution in [0.1, 0.15) is 92.0 Å². The lowest BCUT2D eigenvalue weighted by Gasteiger charge is -2.38. The maximum absolute atomic E-state index is 13.7. The number of hydrogen-bond donors (Lipinski definition) is 0. The summed E-state index contributed by atoms with van der Waals surface area (Å²) in [5.41, 5.74) is 2.64. The van der Waals surface area contributed by atoms with Gasteiger partial charge in [-0.25, -0.2) is 14.4 Å². The Kier molecular flexibility index (Phi) is 11.1. The Morgan fingerprint density at radius 2 is 1.57 bits per heavy atom. The standard InChI is InChI=1S/C36H54N3O7Si/c1-24-22-27(39(42)43-12)18-19-30(24)37(32(40)44-34(3,4)5)21-20-26-23-38(33(41)45-35(6,7)8)31-28(16-15-17-29(26)31)25(2)46-47(13,14)36(9,10)11/h15-19,22-23,25H,20-21H2,1-14H3/q+1. The van der Waals surface area contributed by atoms with E-state index in [1.165, 1.54) is 7.11 Å². The smallest absolute Gasteiger partial charge is 0.419 e. The summed E-state index contributed by atoms with van der Waals surface area (Å²) in [6, 6.07) is 10.9. The van der Waals surface area contributed by atoms with Crippen LogP contribution in [0.3, 0.4) is 0 Å². The van der Waals surface area contributed by atoms with Crippen LogP contribution < -0.4 is 4.90 Å². The second kappa shape index (κ2) is 13.8. The first-order valence-corrected chi connectivity index (χ1v) is 19.0. The van der Waals surface area contributed by atoms with Crippen LogP contribution >= 0.6 is 0 Å². The zero-order valence-electron chi connectivity index (χ0n) is 30.7. The van der Waals surface area contributed by atoms with Gasteiger partial charge in [0, 0.05) is 35.8 Å². The van der Waals surface area contributed by atoms with Gasteiger partial charge >= 0.3 is 17.9 Å². The van der Waals surface area contributed by atoms with Gasteiger partial charge in [-0.2, -0.15) is 0 Å². The van der Waals surface area contributed by atoms with Crippen molar-refractivity contribution in [1.82, 2.24) is 4.57 Å². The van der Waals surface area contributed by atoms with Gasteiger partial charge in [0.2, 0.25) is 0 Å². The molecular formula is C36H54N3O7Si+. The minimum atomic E-state index is -2.15. The third-order valence-corrected chi connectivity index (χ3v) is 12.9. The molecule has 47 heavy (non-hydrogen) atoms. The highest BCUT2D eigenvalue weighted by Gasteiger charge is 2.39. The van der Waals surface area contributed by atoms with Crippen molar-refractivity contribution in [2.45, 2.75) is 118 Å². The molecule has 1 heterocycles. The van der Waals surface area contributed by atoms with Crippen molar-refractivity contribution in [2.24, 2.45) is 0 Å². The van der Waals surface area contributed by atoms with Gasteiger partial charge in [-0.05, 0) is 97.1 Å². The second-order valence-corrected chi connectivity index (χ2v) is 20.3. The fourth-order valence-corrected chi connectivity index (χ4v) is 6.43. The SMILES string of the molecule is CO[N+](=O)c1ccc(N(CCc2cn(C(=O)OC(C)(C)C)c3c(C(C)O[Si](C)(C)C(C)(C)C)cccc23)C(=O)OC(C)(C)C)c(C)c1. The van der Waals surface area contributed by atoms with Gasteiger partial charge in [0.1, 0.15) is 11.2 Å². The first-order chi connectivity index (χ1) is 21.5. The maximum atomic E-state index is 13.7. The van der Waals surface area contributed by atoms with Crippen molar-refractivity contribution in [3.8, 4) is 0 Å². The highest BCUT2D eigenvalue weighted by Crippen LogP contribution is 2.41. The normalized spacial score (nSPS) is 13.3. The third-order valence-electron chi connectivity index (χ3n) is 8.31. The van der Waals surface area contributed by atoms with Crippen LogP contribution in [-0.2, 0) is 25.2 Å². The monoisotopic (exact) mass is 668 g/mol. The first kappa shape index (κ1) is 37.8. The Bertz CT molecular complexity index is 1620. The lowest BCUT2D eigenvalue weighted by Crippen LogP contribution is -2.41. The third kappa shape index (κ3) is 9.22. The molecule has 0 N–H and O–H groups in total. The van der Waals surface area contributed by atoms with Gasteiger partial charge in [0.15, 0.2) is 15.4 Å². The van der Waals surface area contributed by atoms with Crippen molar-refractivity contribution in [3.63, 3.8) is 0 Å². The average molecular weight is 669 g/mol. The molecule has 11 heteroatoms.